The summed E-state index contributed by atoms with van der Waals surface area (Å²) in [4.78, 5) is 27.1. The van der Waals surface area contributed by atoms with Gasteiger partial charge in [-0.2, -0.15) is 0 Å². The van der Waals surface area contributed by atoms with E-state index in [-0.39, 0.29) is 24.5 Å². The maximum atomic E-state index is 12.9. The van der Waals surface area contributed by atoms with Crippen molar-refractivity contribution in [2.75, 3.05) is 26.9 Å². The van der Waals surface area contributed by atoms with E-state index in [1.165, 1.54) is 12.0 Å². The van der Waals surface area contributed by atoms with Crippen LogP contribution in [0.5, 0.6) is 5.75 Å². The maximum Gasteiger partial charge on any atom is 0.295 e. The fourth-order valence-corrected chi connectivity index (χ4v) is 3.44. The molecule has 1 amide bonds. The Hall–Kier alpha value is -3.38. The average molecular weight is 407 g/mol. The molecule has 1 heterocycles. The lowest BCUT2D eigenvalue weighted by atomic mass is 9.95. The quantitative estimate of drug-likeness (QED) is 0.313. The van der Waals surface area contributed by atoms with Crippen molar-refractivity contribution in [1.82, 2.24) is 4.90 Å². The summed E-state index contributed by atoms with van der Waals surface area (Å²) in [5, 5.41) is 11.0. The molecule has 1 saturated heterocycles. The molecule has 6 nitrogen and oxygen atoms in total. The van der Waals surface area contributed by atoms with Gasteiger partial charge in [-0.3, -0.25) is 9.59 Å². The van der Waals surface area contributed by atoms with Gasteiger partial charge in [0.2, 0.25) is 0 Å². The van der Waals surface area contributed by atoms with E-state index >= 15 is 0 Å². The van der Waals surface area contributed by atoms with E-state index < -0.39 is 17.7 Å². The lowest BCUT2D eigenvalue weighted by Gasteiger charge is -2.25. The van der Waals surface area contributed by atoms with Crippen LogP contribution in [0.3, 0.4) is 0 Å². The molecule has 1 atom stereocenters. The summed E-state index contributed by atoms with van der Waals surface area (Å²) < 4.78 is 10.7. The second-order valence-corrected chi connectivity index (χ2v) is 7.02. The van der Waals surface area contributed by atoms with Gasteiger partial charge in [0, 0.05) is 19.2 Å². The topological polar surface area (TPSA) is 76.1 Å². The van der Waals surface area contributed by atoms with Crippen LogP contribution in [0.4, 0.5) is 0 Å². The van der Waals surface area contributed by atoms with Gasteiger partial charge in [0.05, 0.1) is 18.2 Å². The third-order valence-corrected chi connectivity index (χ3v) is 4.94. The second-order valence-electron chi connectivity index (χ2n) is 7.02. The first kappa shape index (κ1) is 21.3. The molecule has 1 fully saturated rings. The minimum atomic E-state index is -0.742. The lowest BCUT2D eigenvalue weighted by Crippen LogP contribution is -2.32. The van der Waals surface area contributed by atoms with Gasteiger partial charge in [-0.25, -0.2) is 0 Å². The summed E-state index contributed by atoms with van der Waals surface area (Å²) in [6, 6.07) is 13.5. The zero-order valence-corrected chi connectivity index (χ0v) is 17.1. The van der Waals surface area contributed by atoms with Crippen LogP contribution in [-0.4, -0.2) is 48.6 Å². The number of nitrogens with zero attached hydrogens (tertiary/aromatic N) is 1. The Morgan fingerprint density at radius 3 is 2.60 bits per heavy atom. The highest BCUT2D eigenvalue weighted by Crippen LogP contribution is 2.40. The normalized spacial score (nSPS) is 17.9. The number of aliphatic hydroxyl groups is 1. The van der Waals surface area contributed by atoms with Crippen molar-refractivity contribution in [2.24, 2.45) is 0 Å². The number of aryl methyl sites for hydroxylation is 1. The van der Waals surface area contributed by atoms with E-state index in [1.54, 1.807) is 42.5 Å². The molecule has 156 valence electrons. The van der Waals surface area contributed by atoms with Crippen LogP contribution in [0.25, 0.3) is 5.76 Å². The first-order chi connectivity index (χ1) is 14.5. The molecule has 0 radical (unpaired) electrons. The van der Waals surface area contributed by atoms with E-state index in [0.717, 1.165) is 5.56 Å². The van der Waals surface area contributed by atoms with Crippen molar-refractivity contribution in [2.45, 2.75) is 13.0 Å². The molecule has 0 aromatic heterocycles. The number of hydrogen-bond donors (Lipinski definition) is 1. The van der Waals surface area contributed by atoms with Crippen LogP contribution < -0.4 is 4.74 Å². The smallest absolute Gasteiger partial charge is 0.295 e. The maximum absolute atomic E-state index is 12.9. The molecular weight excluding hydrogens is 382 g/mol. The van der Waals surface area contributed by atoms with Gasteiger partial charge in [0.25, 0.3) is 11.7 Å². The minimum Gasteiger partial charge on any atom is -0.507 e. The van der Waals surface area contributed by atoms with E-state index in [9.17, 15) is 14.7 Å². The first-order valence-electron chi connectivity index (χ1n) is 9.66. The molecule has 2 aromatic rings. The van der Waals surface area contributed by atoms with Gasteiger partial charge in [0.15, 0.2) is 0 Å². The number of methoxy groups -OCH3 is 1. The van der Waals surface area contributed by atoms with Crippen LogP contribution in [0.2, 0.25) is 0 Å². The highest BCUT2D eigenvalue weighted by atomic mass is 16.5. The molecule has 1 unspecified atom stereocenters. The molecule has 2 aromatic carbocycles. The molecule has 30 heavy (non-hydrogen) atoms. The number of hydrogen-bond acceptors (Lipinski definition) is 5. The van der Waals surface area contributed by atoms with Crippen molar-refractivity contribution in [1.29, 1.82) is 0 Å². The highest BCUT2D eigenvalue weighted by Gasteiger charge is 2.45. The monoisotopic (exact) mass is 407 g/mol. The number of ketones is 1. The van der Waals surface area contributed by atoms with Crippen LogP contribution in [0.15, 0.2) is 66.8 Å². The average Bonchev–Trinajstić information content (AvgIpc) is 3.01. The molecule has 1 aliphatic heterocycles. The van der Waals surface area contributed by atoms with Crippen molar-refractivity contribution in [3.8, 4) is 5.75 Å². The number of carbonyl (C=O) groups excluding carboxylic acids is 2. The zero-order chi connectivity index (χ0) is 21.7. The fraction of sp³-hybridized carbons (Fsp3) is 0.250. The van der Waals surface area contributed by atoms with E-state index in [2.05, 4.69) is 6.58 Å². The number of carbonyl (C=O) groups is 2. The Balaban J connectivity index is 2.12. The van der Waals surface area contributed by atoms with E-state index in [1.807, 2.05) is 19.1 Å². The number of Topliss-reactive ketones (excluding diaryl/α,β-unsaturated/α-hetero) is 1. The molecule has 1 aliphatic rings. The molecule has 3 rings (SSSR count). The number of rotatable bonds is 8. The second kappa shape index (κ2) is 9.41. The Kier molecular flexibility index (Phi) is 6.69. The van der Waals surface area contributed by atoms with Crippen LogP contribution in [-0.2, 0) is 14.3 Å². The summed E-state index contributed by atoms with van der Waals surface area (Å²) in [5.74, 6) is -0.995. The van der Waals surface area contributed by atoms with Crippen molar-refractivity contribution < 1.29 is 24.2 Å². The Morgan fingerprint density at radius 1 is 1.20 bits per heavy atom. The van der Waals surface area contributed by atoms with Gasteiger partial charge in [-0.15, -0.1) is 0 Å². The minimum absolute atomic E-state index is 0.0563. The van der Waals surface area contributed by atoms with Gasteiger partial charge < -0.3 is 19.5 Å². The van der Waals surface area contributed by atoms with Gasteiger partial charge in [-0.05, 0) is 24.6 Å². The van der Waals surface area contributed by atoms with Gasteiger partial charge >= 0.3 is 0 Å². The van der Waals surface area contributed by atoms with Gasteiger partial charge in [0.1, 0.15) is 18.1 Å². The molecule has 0 aliphatic carbocycles. The molecule has 1 N–H and O–H groups in total. The Labute approximate surface area is 176 Å². The number of likely N-dealkylation sites (tertiary alicyclic amines) is 1. The molecular formula is C24H25NO5. The van der Waals surface area contributed by atoms with Crippen LogP contribution >= 0.6 is 0 Å². The SMILES string of the molecule is C=CCOc1cccc(C2/C(=C(/O)c3ccc(C)cc3)C(=O)C(=O)N2CCOC)c1. The van der Waals surface area contributed by atoms with Crippen molar-refractivity contribution in [3.05, 3.63) is 83.4 Å². The zero-order valence-electron chi connectivity index (χ0n) is 17.1. The number of amides is 1. The van der Waals surface area contributed by atoms with Crippen molar-refractivity contribution in [3.63, 3.8) is 0 Å². The third-order valence-electron chi connectivity index (χ3n) is 4.94. The third kappa shape index (κ3) is 4.28. The Bertz CT molecular complexity index is 977. The largest absolute Gasteiger partial charge is 0.507 e. The molecule has 0 saturated carbocycles. The highest BCUT2D eigenvalue weighted by molar-refractivity contribution is 6.46. The molecule has 0 bridgehead atoms. The summed E-state index contributed by atoms with van der Waals surface area (Å²) >= 11 is 0. The summed E-state index contributed by atoms with van der Waals surface area (Å²) in [5.41, 5.74) is 2.23. The van der Waals surface area contributed by atoms with Crippen molar-refractivity contribution >= 4 is 17.4 Å². The fourth-order valence-electron chi connectivity index (χ4n) is 3.44. The molecule has 0 spiro atoms. The predicted molar refractivity (Wildman–Crippen MR) is 114 cm³/mol. The first-order valence-corrected chi connectivity index (χ1v) is 9.66. The van der Waals surface area contributed by atoms with Crippen LogP contribution in [0, 0.1) is 6.92 Å². The Morgan fingerprint density at radius 2 is 1.93 bits per heavy atom. The number of aliphatic hydroxyl groups excluding tert-OH is 1. The van der Waals surface area contributed by atoms with E-state index in [0.29, 0.717) is 23.5 Å². The number of ether oxygens (including phenoxy) is 2. The number of benzene rings is 2. The lowest BCUT2D eigenvalue weighted by molar-refractivity contribution is -0.140. The summed E-state index contributed by atoms with van der Waals surface area (Å²) in [6.45, 7) is 6.38. The summed E-state index contributed by atoms with van der Waals surface area (Å²) in [6.07, 6.45) is 1.63. The van der Waals surface area contributed by atoms with E-state index in [4.69, 9.17) is 9.47 Å². The van der Waals surface area contributed by atoms with Gasteiger partial charge in [-0.1, -0.05) is 54.6 Å². The predicted octanol–water partition coefficient (Wildman–Crippen LogP) is 3.63. The molecule has 6 heteroatoms. The van der Waals surface area contributed by atoms with Crippen LogP contribution in [0.1, 0.15) is 22.7 Å². The summed E-state index contributed by atoms with van der Waals surface area (Å²) in [7, 11) is 1.53. The standard InChI is InChI=1S/C24H25NO5/c1-4-13-30-19-7-5-6-18(15-19)21-20(22(26)17-10-8-16(2)9-11-17)23(27)24(28)25(21)12-14-29-3/h4-11,15,21,26H,1,12-14H2,2-3H3/b22-20-.